The Labute approximate surface area is 156 Å². The molecule has 1 nitrogen and oxygen atoms in total. The fourth-order valence-corrected chi connectivity index (χ4v) is 4.08. The number of furan rings is 1. The molecule has 1 heteroatoms. The van der Waals surface area contributed by atoms with Crippen LogP contribution in [0.4, 0.5) is 0 Å². The smallest absolute Gasteiger partial charge is 0.136 e. The Morgan fingerprint density at radius 3 is 2.30 bits per heavy atom. The summed E-state index contributed by atoms with van der Waals surface area (Å²) in [6.07, 6.45) is 0. The van der Waals surface area contributed by atoms with E-state index in [1.165, 1.54) is 27.1 Å². The molecule has 6 rings (SSSR count). The Balaban J connectivity index is 1.67. The lowest BCUT2D eigenvalue weighted by atomic mass is 9.94. The third-order valence-electron chi connectivity index (χ3n) is 5.36. The van der Waals surface area contributed by atoms with Crippen molar-refractivity contribution in [3.8, 4) is 11.1 Å². The van der Waals surface area contributed by atoms with Crippen molar-refractivity contribution in [1.82, 2.24) is 0 Å². The lowest BCUT2D eigenvalue weighted by molar-refractivity contribution is 0.669. The third-order valence-corrected chi connectivity index (χ3v) is 5.36. The monoisotopic (exact) mass is 343 g/mol. The predicted octanol–water partition coefficient (Wildman–Crippen LogP) is 7.36. The minimum Gasteiger partial charge on any atom is -0.456 e. The standard InChI is InChI=1S/C26H15O/c1-2-7-19-17(6-1)12-14-22-20(9-5-10-21(19)22)18-13-15-26-24(16-18)23-8-3-4-11-25(23)27-26/h1-15H. The van der Waals surface area contributed by atoms with E-state index in [1.54, 1.807) is 0 Å². The van der Waals surface area contributed by atoms with Crippen LogP contribution in [0.25, 0.3) is 54.6 Å². The molecule has 0 spiro atoms. The largest absolute Gasteiger partial charge is 0.456 e. The third kappa shape index (κ3) is 2.12. The molecule has 0 N–H and O–H groups in total. The minimum atomic E-state index is 0.880. The zero-order valence-corrected chi connectivity index (χ0v) is 14.6. The summed E-state index contributed by atoms with van der Waals surface area (Å²) in [4.78, 5) is 0. The van der Waals surface area contributed by atoms with E-state index in [0.717, 1.165) is 27.5 Å². The van der Waals surface area contributed by atoms with Crippen LogP contribution in [0.5, 0.6) is 0 Å². The molecule has 6 aromatic rings. The van der Waals surface area contributed by atoms with Gasteiger partial charge in [0.15, 0.2) is 0 Å². The van der Waals surface area contributed by atoms with E-state index in [2.05, 4.69) is 78.9 Å². The molecule has 0 saturated heterocycles. The van der Waals surface area contributed by atoms with E-state index in [0.29, 0.717) is 0 Å². The molecular formula is C26H15O. The lowest BCUT2D eigenvalue weighted by Gasteiger charge is -2.09. The van der Waals surface area contributed by atoms with Crippen LogP contribution in [0.2, 0.25) is 0 Å². The van der Waals surface area contributed by atoms with Crippen molar-refractivity contribution >= 4 is 43.5 Å². The van der Waals surface area contributed by atoms with Gasteiger partial charge in [-0.15, -0.1) is 0 Å². The van der Waals surface area contributed by atoms with Crippen molar-refractivity contribution in [2.45, 2.75) is 0 Å². The summed E-state index contributed by atoms with van der Waals surface area (Å²) in [6.45, 7) is 0. The summed E-state index contributed by atoms with van der Waals surface area (Å²) in [5, 5.41) is 7.23. The Morgan fingerprint density at radius 2 is 1.33 bits per heavy atom. The van der Waals surface area contributed by atoms with Gasteiger partial charge >= 0.3 is 0 Å². The Bertz CT molecular complexity index is 1470. The predicted molar refractivity (Wildman–Crippen MR) is 113 cm³/mol. The maximum absolute atomic E-state index is 5.96. The molecule has 0 saturated carbocycles. The van der Waals surface area contributed by atoms with Crippen molar-refractivity contribution < 1.29 is 4.42 Å². The maximum Gasteiger partial charge on any atom is 0.136 e. The zero-order valence-electron chi connectivity index (χ0n) is 14.6. The first-order chi connectivity index (χ1) is 13.4. The normalized spacial score (nSPS) is 11.7. The lowest BCUT2D eigenvalue weighted by Crippen LogP contribution is -1.83. The van der Waals surface area contributed by atoms with Crippen molar-refractivity contribution in [2.24, 2.45) is 0 Å². The zero-order chi connectivity index (χ0) is 17.8. The topological polar surface area (TPSA) is 13.1 Å². The number of rotatable bonds is 1. The molecule has 0 unspecified atom stereocenters. The summed E-state index contributed by atoms with van der Waals surface area (Å²) in [7, 11) is 0. The molecular weight excluding hydrogens is 328 g/mol. The summed E-state index contributed by atoms with van der Waals surface area (Å²) < 4.78 is 5.96. The van der Waals surface area contributed by atoms with Gasteiger partial charge in [0.1, 0.15) is 11.2 Å². The van der Waals surface area contributed by atoms with Gasteiger partial charge in [-0.3, -0.25) is 0 Å². The van der Waals surface area contributed by atoms with E-state index >= 15 is 0 Å². The molecule has 5 aromatic carbocycles. The second-order valence-electron chi connectivity index (χ2n) is 6.90. The first kappa shape index (κ1) is 14.6. The molecule has 0 aliphatic heterocycles. The molecule has 0 aliphatic rings. The molecule has 1 heterocycles. The molecule has 0 bridgehead atoms. The van der Waals surface area contributed by atoms with Gasteiger partial charge in [0.25, 0.3) is 0 Å². The fourth-order valence-electron chi connectivity index (χ4n) is 4.08. The second kappa shape index (κ2) is 5.46. The highest BCUT2D eigenvalue weighted by Crippen LogP contribution is 2.36. The quantitative estimate of drug-likeness (QED) is 0.284. The highest BCUT2D eigenvalue weighted by atomic mass is 16.3. The van der Waals surface area contributed by atoms with Gasteiger partial charge in [0.2, 0.25) is 0 Å². The van der Waals surface area contributed by atoms with E-state index < -0.39 is 0 Å². The van der Waals surface area contributed by atoms with Crippen LogP contribution in [0.3, 0.4) is 0 Å². The second-order valence-corrected chi connectivity index (χ2v) is 6.90. The number of benzene rings is 5. The van der Waals surface area contributed by atoms with Crippen LogP contribution in [0.15, 0.2) is 95.4 Å². The summed E-state index contributed by atoms with van der Waals surface area (Å²) in [5.74, 6) is 0. The van der Waals surface area contributed by atoms with Crippen molar-refractivity contribution in [3.63, 3.8) is 0 Å². The van der Waals surface area contributed by atoms with E-state index in [9.17, 15) is 0 Å². The van der Waals surface area contributed by atoms with Gasteiger partial charge in [-0.2, -0.15) is 0 Å². The van der Waals surface area contributed by atoms with E-state index in [4.69, 9.17) is 4.42 Å². The number of hydrogen-bond donors (Lipinski definition) is 0. The van der Waals surface area contributed by atoms with Crippen molar-refractivity contribution in [2.75, 3.05) is 0 Å². The first-order valence-corrected chi connectivity index (χ1v) is 9.13. The van der Waals surface area contributed by atoms with E-state index in [1.807, 2.05) is 18.2 Å². The SMILES string of the molecule is [c]1c(-c2cccc3c2ccc2ccccc23)ccc2oc3ccccc3c12. The average molecular weight is 343 g/mol. The van der Waals surface area contributed by atoms with Gasteiger partial charge in [0.05, 0.1) is 0 Å². The maximum atomic E-state index is 5.96. The fraction of sp³-hybridized carbons (Fsp3) is 0. The highest BCUT2D eigenvalue weighted by Gasteiger charge is 2.11. The van der Waals surface area contributed by atoms with Crippen molar-refractivity contribution in [1.29, 1.82) is 0 Å². The number of fused-ring (bicyclic) bond motifs is 6. The van der Waals surface area contributed by atoms with Gasteiger partial charge in [-0.05, 0) is 50.9 Å². The summed E-state index contributed by atoms with van der Waals surface area (Å²) in [6, 6.07) is 35.4. The van der Waals surface area contributed by atoms with E-state index in [-0.39, 0.29) is 0 Å². The Morgan fingerprint density at radius 1 is 0.519 bits per heavy atom. The molecule has 27 heavy (non-hydrogen) atoms. The van der Waals surface area contributed by atoms with Gasteiger partial charge < -0.3 is 4.42 Å². The van der Waals surface area contributed by atoms with Crippen LogP contribution in [-0.4, -0.2) is 0 Å². The Kier molecular flexibility index (Phi) is 2.95. The molecule has 0 amide bonds. The molecule has 0 fully saturated rings. The van der Waals surface area contributed by atoms with Crippen LogP contribution >= 0.6 is 0 Å². The Hall–Kier alpha value is -3.58. The minimum absolute atomic E-state index is 0.880. The number of hydrogen-bond acceptors (Lipinski definition) is 1. The molecule has 0 aliphatic carbocycles. The van der Waals surface area contributed by atoms with Crippen LogP contribution in [0.1, 0.15) is 0 Å². The van der Waals surface area contributed by atoms with Crippen LogP contribution < -0.4 is 0 Å². The van der Waals surface area contributed by atoms with Crippen LogP contribution in [0, 0.1) is 6.07 Å². The van der Waals surface area contributed by atoms with Gasteiger partial charge in [-0.1, -0.05) is 72.8 Å². The molecule has 0 atom stereocenters. The number of para-hydroxylation sites is 1. The molecule has 1 aromatic heterocycles. The highest BCUT2D eigenvalue weighted by molar-refractivity contribution is 6.13. The average Bonchev–Trinajstić information content (AvgIpc) is 3.11. The molecule has 1 radical (unpaired) electrons. The molecule has 125 valence electrons. The first-order valence-electron chi connectivity index (χ1n) is 9.13. The van der Waals surface area contributed by atoms with Crippen molar-refractivity contribution in [3.05, 3.63) is 97.1 Å². The van der Waals surface area contributed by atoms with Crippen LogP contribution in [-0.2, 0) is 0 Å². The van der Waals surface area contributed by atoms with Gasteiger partial charge in [-0.25, -0.2) is 0 Å². The van der Waals surface area contributed by atoms with Gasteiger partial charge in [0, 0.05) is 16.8 Å². The summed E-state index contributed by atoms with van der Waals surface area (Å²) >= 11 is 0. The summed E-state index contributed by atoms with van der Waals surface area (Å²) in [5.41, 5.74) is 4.08.